The summed E-state index contributed by atoms with van der Waals surface area (Å²) in [7, 11) is 1.77. The molecule has 2 aliphatic heterocycles. The van der Waals surface area contributed by atoms with Crippen molar-refractivity contribution >= 4 is 17.0 Å². The third kappa shape index (κ3) is 3.52. The number of aromatic nitrogens is 3. The molecular formula is C23H29N5O2. The number of benzene rings is 1. The van der Waals surface area contributed by atoms with Crippen LogP contribution in [0, 0.1) is 0 Å². The first-order chi connectivity index (χ1) is 14.6. The molecule has 7 nitrogen and oxygen atoms in total. The van der Waals surface area contributed by atoms with Crippen molar-refractivity contribution < 1.29 is 5.11 Å². The van der Waals surface area contributed by atoms with E-state index in [0.717, 1.165) is 31.2 Å². The standard InChI is InChI=1S/C23H29N5O2/c1-27-22(30)21-19(10-11-24-21)26-23(27)25-16-12-17-8-5-9-18(13-16)28(17)14-20(29)15-6-3-2-4-7-15/h2-4,6-7,10-11,16-18,20,24,29H,5,8-9,12-14H2,1H3,(H,25,26)/t16?,17-,18+,20-/m0/s1. The van der Waals surface area contributed by atoms with Gasteiger partial charge in [0.2, 0.25) is 5.95 Å². The van der Waals surface area contributed by atoms with Crippen LogP contribution in [0.4, 0.5) is 5.95 Å². The Morgan fingerprint density at radius 3 is 2.67 bits per heavy atom. The van der Waals surface area contributed by atoms with E-state index in [0.29, 0.717) is 35.6 Å². The molecule has 2 aromatic heterocycles. The first-order valence-corrected chi connectivity index (χ1v) is 10.9. The van der Waals surface area contributed by atoms with Crippen LogP contribution in [0.5, 0.6) is 0 Å². The van der Waals surface area contributed by atoms with E-state index in [9.17, 15) is 9.90 Å². The third-order valence-corrected chi connectivity index (χ3v) is 6.81. The fraction of sp³-hybridized carbons (Fsp3) is 0.478. The van der Waals surface area contributed by atoms with E-state index in [1.807, 2.05) is 36.4 Å². The lowest BCUT2D eigenvalue weighted by molar-refractivity contribution is -0.00331. The van der Waals surface area contributed by atoms with Gasteiger partial charge in [0.15, 0.2) is 0 Å². The van der Waals surface area contributed by atoms with Crippen molar-refractivity contribution in [2.45, 2.75) is 56.3 Å². The van der Waals surface area contributed by atoms with Crippen molar-refractivity contribution in [2.75, 3.05) is 11.9 Å². The van der Waals surface area contributed by atoms with Gasteiger partial charge >= 0.3 is 0 Å². The van der Waals surface area contributed by atoms with E-state index in [1.54, 1.807) is 17.8 Å². The molecule has 2 saturated heterocycles. The summed E-state index contributed by atoms with van der Waals surface area (Å²) in [6, 6.07) is 12.9. The zero-order valence-corrected chi connectivity index (χ0v) is 17.3. The molecule has 0 spiro atoms. The van der Waals surface area contributed by atoms with Crippen LogP contribution in [0.3, 0.4) is 0 Å². The minimum Gasteiger partial charge on any atom is -0.387 e. The first-order valence-electron chi connectivity index (χ1n) is 10.9. The predicted octanol–water partition coefficient (Wildman–Crippen LogP) is 2.79. The van der Waals surface area contributed by atoms with Crippen LogP contribution in [-0.4, -0.2) is 49.2 Å². The van der Waals surface area contributed by atoms with Crippen molar-refractivity contribution in [3.8, 4) is 0 Å². The molecule has 0 amide bonds. The molecule has 2 fully saturated rings. The van der Waals surface area contributed by atoms with Crippen molar-refractivity contribution in [3.63, 3.8) is 0 Å². The number of hydrogen-bond donors (Lipinski definition) is 3. The molecule has 3 N–H and O–H groups in total. The van der Waals surface area contributed by atoms with Gasteiger partial charge in [-0.2, -0.15) is 0 Å². The highest BCUT2D eigenvalue weighted by atomic mass is 16.3. The second-order valence-electron chi connectivity index (χ2n) is 8.71. The lowest BCUT2D eigenvalue weighted by Gasteiger charge is -2.49. The van der Waals surface area contributed by atoms with E-state index < -0.39 is 6.10 Å². The van der Waals surface area contributed by atoms with Gasteiger partial charge in [-0.3, -0.25) is 14.3 Å². The Morgan fingerprint density at radius 1 is 1.20 bits per heavy atom. The van der Waals surface area contributed by atoms with E-state index in [4.69, 9.17) is 0 Å². The monoisotopic (exact) mass is 407 g/mol. The van der Waals surface area contributed by atoms with Crippen LogP contribution in [0.1, 0.15) is 43.8 Å². The summed E-state index contributed by atoms with van der Waals surface area (Å²) in [5.41, 5.74) is 2.17. The molecule has 1 aromatic carbocycles. The molecular weight excluding hydrogens is 378 g/mol. The Kier molecular flexibility index (Phi) is 5.08. The van der Waals surface area contributed by atoms with Gasteiger partial charge in [-0.05, 0) is 37.3 Å². The zero-order valence-electron chi connectivity index (χ0n) is 17.3. The summed E-state index contributed by atoms with van der Waals surface area (Å²) >= 11 is 0. The molecule has 7 heteroatoms. The average molecular weight is 408 g/mol. The van der Waals surface area contributed by atoms with Crippen LogP contribution in [0.15, 0.2) is 47.4 Å². The number of fused-ring (bicyclic) bond motifs is 3. The van der Waals surface area contributed by atoms with Gasteiger partial charge in [-0.25, -0.2) is 4.98 Å². The minimum atomic E-state index is -0.461. The Morgan fingerprint density at radius 2 is 1.93 bits per heavy atom. The van der Waals surface area contributed by atoms with E-state index in [-0.39, 0.29) is 11.6 Å². The van der Waals surface area contributed by atoms with Gasteiger partial charge in [0.25, 0.3) is 5.56 Å². The van der Waals surface area contributed by atoms with Gasteiger partial charge in [-0.1, -0.05) is 36.8 Å². The van der Waals surface area contributed by atoms with Crippen LogP contribution < -0.4 is 10.9 Å². The van der Waals surface area contributed by atoms with Crippen molar-refractivity contribution in [2.24, 2.45) is 7.05 Å². The molecule has 0 saturated carbocycles. The summed E-state index contributed by atoms with van der Waals surface area (Å²) in [4.78, 5) is 22.7. The molecule has 2 aliphatic rings. The number of hydrogen-bond acceptors (Lipinski definition) is 5. The number of aromatic amines is 1. The molecule has 5 rings (SSSR count). The number of nitrogens with one attached hydrogen (secondary N) is 2. The van der Waals surface area contributed by atoms with Gasteiger partial charge < -0.3 is 15.4 Å². The number of nitrogens with zero attached hydrogens (tertiary/aromatic N) is 3. The quantitative estimate of drug-likeness (QED) is 0.606. The fourth-order valence-corrected chi connectivity index (χ4v) is 5.27. The highest BCUT2D eigenvalue weighted by molar-refractivity contribution is 5.75. The normalized spacial score (nSPS) is 25.3. The second kappa shape index (κ2) is 7.89. The number of aliphatic hydroxyl groups is 1. The Hall–Kier alpha value is -2.64. The topological polar surface area (TPSA) is 86.2 Å². The maximum absolute atomic E-state index is 12.6. The molecule has 0 aliphatic carbocycles. The molecule has 3 aromatic rings. The first kappa shape index (κ1) is 19.3. The molecule has 4 heterocycles. The van der Waals surface area contributed by atoms with E-state index >= 15 is 0 Å². The van der Waals surface area contributed by atoms with Crippen LogP contribution in [0.2, 0.25) is 0 Å². The van der Waals surface area contributed by atoms with Crippen molar-refractivity contribution in [3.05, 3.63) is 58.5 Å². The van der Waals surface area contributed by atoms with Gasteiger partial charge in [0, 0.05) is 37.9 Å². The number of piperidine rings is 2. The van der Waals surface area contributed by atoms with Gasteiger partial charge in [-0.15, -0.1) is 0 Å². The molecule has 2 bridgehead atoms. The van der Waals surface area contributed by atoms with Crippen LogP contribution in [-0.2, 0) is 7.05 Å². The molecule has 4 atom stereocenters. The lowest BCUT2D eigenvalue weighted by atomic mass is 9.81. The van der Waals surface area contributed by atoms with Gasteiger partial charge in [0.1, 0.15) is 5.52 Å². The fourth-order valence-electron chi connectivity index (χ4n) is 5.27. The highest BCUT2D eigenvalue weighted by Gasteiger charge is 2.39. The summed E-state index contributed by atoms with van der Waals surface area (Å²) in [6.07, 6.45) is 6.84. The largest absolute Gasteiger partial charge is 0.387 e. The van der Waals surface area contributed by atoms with Crippen LogP contribution in [0.25, 0.3) is 11.0 Å². The lowest BCUT2D eigenvalue weighted by Crippen LogP contribution is -2.56. The average Bonchev–Trinajstić information content (AvgIpc) is 3.21. The number of aliphatic hydroxyl groups excluding tert-OH is 1. The maximum atomic E-state index is 12.6. The summed E-state index contributed by atoms with van der Waals surface area (Å²) in [5.74, 6) is 0.632. The Bertz CT molecular complexity index is 1060. The zero-order chi connectivity index (χ0) is 20.7. The molecule has 30 heavy (non-hydrogen) atoms. The van der Waals surface area contributed by atoms with Gasteiger partial charge in [0.05, 0.1) is 11.6 Å². The number of H-pyrrole nitrogens is 1. The smallest absolute Gasteiger partial charge is 0.278 e. The molecule has 1 unspecified atom stereocenters. The van der Waals surface area contributed by atoms with Crippen LogP contribution >= 0.6 is 0 Å². The highest BCUT2D eigenvalue weighted by Crippen LogP contribution is 2.36. The Labute approximate surface area is 175 Å². The SMILES string of the molecule is Cn1c(NC2C[C@H]3CCC[C@@H](C2)N3C[C@H](O)c2ccccc2)nc2cc[nH]c2c1=O. The minimum absolute atomic E-state index is 0.0592. The summed E-state index contributed by atoms with van der Waals surface area (Å²) in [6.45, 7) is 0.679. The maximum Gasteiger partial charge on any atom is 0.278 e. The predicted molar refractivity (Wildman–Crippen MR) is 118 cm³/mol. The molecule has 158 valence electrons. The summed E-state index contributed by atoms with van der Waals surface area (Å²) in [5, 5.41) is 14.3. The number of rotatable bonds is 5. The van der Waals surface area contributed by atoms with E-state index in [2.05, 4.69) is 20.2 Å². The number of anilines is 1. The van der Waals surface area contributed by atoms with E-state index in [1.165, 1.54) is 6.42 Å². The Balaban J connectivity index is 1.32. The molecule has 0 radical (unpaired) electrons. The van der Waals surface area contributed by atoms with Crippen molar-refractivity contribution in [1.29, 1.82) is 0 Å². The summed E-state index contributed by atoms with van der Waals surface area (Å²) < 4.78 is 1.60. The van der Waals surface area contributed by atoms with Crippen molar-refractivity contribution in [1.82, 2.24) is 19.4 Å². The third-order valence-electron chi connectivity index (χ3n) is 6.81. The second-order valence-corrected chi connectivity index (χ2v) is 8.71.